The molecule has 0 radical (unpaired) electrons. The Kier molecular flexibility index (Phi) is 4.84. The van der Waals surface area contributed by atoms with E-state index in [0.717, 1.165) is 44.0 Å². The maximum absolute atomic E-state index is 8.86. The van der Waals surface area contributed by atoms with Gasteiger partial charge in [0.15, 0.2) is 0 Å². The van der Waals surface area contributed by atoms with Crippen LogP contribution in [-0.2, 0) is 17.8 Å². The lowest BCUT2D eigenvalue weighted by atomic mass is 10.3. The fourth-order valence-corrected chi connectivity index (χ4v) is 1.82. The SMILES string of the molecule is COCCN1CCn2nc([NH2+]O)cc2C1.O. The average Bonchev–Trinajstić information content (AvgIpc) is 2.68. The first-order valence-electron chi connectivity index (χ1n) is 5.09. The molecule has 0 fully saturated rings. The van der Waals surface area contributed by atoms with Gasteiger partial charge in [0, 0.05) is 32.8 Å². The summed E-state index contributed by atoms with van der Waals surface area (Å²) in [5.74, 6) is 0.638. The predicted molar refractivity (Wildman–Crippen MR) is 56.4 cm³/mol. The molecule has 7 heteroatoms. The van der Waals surface area contributed by atoms with Crippen molar-refractivity contribution >= 4 is 5.82 Å². The van der Waals surface area contributed by atoms with Crippen LogP contribution < -0.4 is 5.48 Å². The number of rotatable bonds is 4. The average molecular weight is 231 g/mol. The lowest BCUT2D eigenvalue weighted by Gasteiger charge is -2.26. The number of methoxy groups -OCH3 is 1. The summed E-state index contributed by atoms with van der Waals surface area (Å²) in [6.07, 6.45) is 0. The van der Waals surface area contributed by atoms with Gasteiger partial charge in [-0.05, 0) is 0 Å². The van der Waals surface area contributed by atoms with Crippen LogP contribution in [0.3, 0.4) is 0 Å². The monoisotopic (exact) mass is 231 g/mol. The summed E-state index contributed by atoms with van der Waals surface area (Å²) >= 11 is 0. The summed E-state index contributed by atoms with van der Waals surface area (Å²) in [4.78, 5) is 2.32. The molecular formula is C9H19N4O3+. The second-order valence-corrected chi connectivity index (χ2v) is 3.68. The third-order valence-corrected chi connectivity index (χ3v) is 2.64. The number of quaternary nitrogens is 1. The van der Waals surface area contributed by atoms with Gasteiger partial charge in [-0.15, -0.1) is 5.10 Å². The number of ether oxygens (including phenoxy) is 1. The molecule has 0 atom stereocenters. The molecule has 1 aliphatic rings. The highest BCUT2D eigenvalue weighted by Crippen LogP contribution is 2.13. The Morgan fingerprint density at radius 1 is 1.56 bits per heavy atom. The molecule has 0 amide bonds. The van der Waals surface area contributed by atoms with Gasteiger partial charge in [-0.25, -0.2) is 5.21 Å². The molecule has 16 heavy (non-hydrogen) atoms. The highest BCUT2D eigenvalue weighted by atomic mass is 16.5. The summed E-state index contributed by atoms with van der Waals surface area (Å²) < 4.78 is 7.00. The van der Waals surface area contributed by atoms with Gasteiger partial charge in [0.2, 0.25) is 0 Å². The van der Waals surface area contributed by atoms with E-state index < -0.39 is 0 Å². The zero-order valence-electron chi connectivity index (χ0n) is 9.39. The number of aromatic nitrogens is 2. The summed E-state index contributed by atoms with van der Waals surface area (Å²) in [5, 5.41) is 13.1. The Morgan fingerprint density at radius 3 is 3.06 bits per heavy atom. The normalized spacial score (nSPS) is 15.6. The van der Waals surface area contributed by atoms with Gasteiger partial charge in [-0.2, -0.15) is 5.48 Å². The molecule has 1 aromatic rings. The lowest BCUT2D eigenvalue weighted by molar-refractivity contribution is -0.828. The van der Waals surface area contributed by atoms with E-state index in [2.05, 4.69) is 10.00 Å². The van der Waals surface area contributed by atoms with Gasteiger partial charge in [0.05, 0.1) is 18.8 Å². The zero-order valence-corrected chi connectivity index (χ0v) is 9.39. The largest absolute Gasteiger partial charge is 0.412 e. The van der Waals surface area contributed by atoms with Gasteiger partial charge >= 0.3 is 0 Å². The Labute approximate surface area is 93.9 Å². The van der Waals surface area contributed by atoms with Crippen molar-refractivity contribution in [3.8, 4) is 0 Å². The lowest BCUT2D eigenvalue weighted by Crippen LogP contribution is -2.74. The minimum atomic E-state index is 0. The Balaban J connectivity index is 0.00000128. The third-order valence-electron chi connectivity index (χ3n) is 2.64. The van der Waals surface area contributed by atoms with Crippen LogP contribution in [0.4, 0.5) is 5.82 Å². The molecule has 0 aromatic carbocycles. The van der Waals surface area contributed by atoms with E-state index in [1.54, 1.807) is 7.11 Å². The molecule has 0 unspecified atom stereocenters. The fourth-order valence-electron chi connectivity index (χ4n) is 1.82. The summed E-state index contributed by atoms with van der Waals surface area (Å²) in [5.41, 5.74) is 2.20. The fraction of sp³-hybridized carbons (Fsp3) is 0.667. The van der Waals surface area contributed by atoms with E-state index in [-0.39, 0.29) is 5.48 Å². The zero-order chi connectivity index (χ0) is 10.7. The standard InChI is InChI=1S/C9H16N4O2.H2O/c1-15-5-4-12-2-3-13-8(7-12)6-9(10-13)11-14;/h6,14H,2-5,7H2,1H3,(H,10,11);1H2/p+1. The molecule has 7 nitrogen and oxygen atoms in total. The van der Waals surface area contributed by atoms with E-state index in [1.165, 1.54) is 0 Å². The first kappa shape index (κ1) is 13.1. The molecule has 1 aliphatic heterocycles. The van der Waals surface area contributed by atoms with Crippen LogP contribution in [-0.4, -0.2) is 52.2 Å². The predicted octanol–water partition coefficient (Wildman–Crippen LogP) is -1.90. The van der Waals surface area contributed by atoms with E-state index in [1.807, 2.05) is 10.7 Å². The first-order valence-corrected chi connectivity index (χ1v) is 5.09. The molecule has 92 valence electrons. The van der Waals surface area contributed by atoms with Crippen molar-refractivity contribution in [3.63, 3.8) is 0 Å². The van der Waals surface area contributed by atoms with Gasteiger partial charge in [-0.3, -0.25) is 9.58 Å². The minimum Gasteiger partial charge on any atom is -0.412 e. The molecule has 0 bridgehead atoms. The van der Waals surface area contributed by atoms with E-state index in [9.17, 15) is 0 Å². The quantitative estimate of drug-likeness (QED) is 0.591. The maximum atomic E-state index is 8.86. The molecule has 0 spiro atoms. The number of fused-ring (bicyclic) bond motifs is 1. The molecule has 0 saturated heterocycles. The second-order valence-electron chi connectivity index (χ2n) is 3.68. The first-order chi connectivity index (χ1) is 7.33. The van der Waals surface area contributed by atoms with Gasteiger partial charge in [-0.1, -0.05) is 0 Å². The number of nitrogens with zero attached hydrogens (tertiary/aromatic N) is 3. The summed E-state index contributed by atoms with van der Waals surface area (Å²) in [6.45, 7) is 4.45. The molecule has 2 rings (SSSR count). The van der Waals surface area contributed by atoms with Gasteiger partial charge in [0.25, 0.3) is 5.82 Å². The van der Waals surface area contributed by atoms with Crippen molar-refractivity contribution in [2.45, 2.75) is 13.1 Å². The van der Waals surface area contributed by atoms with Crippen LogP contribution in [0.25, 0.3) is 0 Å². The van der Waals surface area contributed by atoms with Crippen molar-refractivity contribution < 1.29 is 20.9 Å². The van der Waals surface area contributed by atoms with Crippen molar-refractivity contribution in [1.82, 2.24) is 14.7 Å². The van der Waals surface area contributed by atoms with E-state index in [0.29, 0.717) is 5.82 Å². The molecular weight excluding hydrogens is 212 g/mol. The van der Waals surface area contributed by atoms with Crippen molar-refractivity contribution in [1.29, 1.82) is 0 Å². The summed E-state index contributed by atoms with van der Waals surface area (Å²) in [6, 6.07) is 1.92. The van der Waals surface area contributed by atoms with Crippen molar-refractivity contribution in [2.75, 3.05) is 26.8 Å². The highest BCUT2D eigenvalue weighted by Gasteiger charge is 2.18. The second kappa shape index (κ2) is 5.92. The molecule has 0 saturated carbocycles. The summed E-state index contributed by atoms with van der Waals surface area (Å²) in [7, 11) is 1.72. The molecule has 2 heterocycles. The van der Waals surface area contributed by atoms with Gasteiger partial charge in [0.1, 0.15) is 0 Å². The molecule has 5 N–H and O–H groups in total. The number of hydrogen-bond acceptors (Lipinski definition) is 4. The van der Waals surface area contributed by atoms with Crippen LogP contribution >= 0.6 is 0 Å². The Bertz CT molecular complexity index is 329. The van der Waals surface area contributed by atoms with Gasteiger partial charge < -0.3 is 10.2 Å². The maximum Gasteiger partial charge on any atom is 0.275 e. The smallest absolute Gasteiger partial charge is 0.275 e. The van der Waals surface area contributed by atoms with Crippen LogP contribution in [0, 0.1) is 0 Å². The third kappa shape index (κ3) is 2.77. The van der Waals surface area contributed by atoms with Crippen LogP contribution in [0.1, 0.15) is 5.69 Å². The van der Waals surface area contributed by atoms with Crippen molar-refractivity contribution in [3.05, 3.63) is 11.8 Å². The van der Waals surface area contributed by atoms with Crippen LogP contribution in [0.5, 0.6) is 0 Å². The highest BCUT2D eigenvalue weighted by molar-refractivity contribution is 5.21. The Hall–Kier alpha value is -0.990. The minimum absolute atomic E-state index is 0. The topological polar surface area (TPSA) is 98.6 Å². The number of hydrogen-bond donors (Lipinski definition) is 2. The van der Waals surface area contributed by atoms with E-state index >= 15 is 0 Å². The molecule has 1 aromatic heterocycles. The van der Waals surface area contributed by atoms with Crippen molar-refractivity contribution in [2.24, 2.45) is 0 Å². The van der Waals surface area contributed by atoms with E-state index in [4.69, 9.17) is 9.94 Å². The Morgan fingerprint density at radius 2 is 2.38 bits per heavy atom. The van der Waals surface area contributed by atoms with Crippen LogP contribution in [0.15, 0.2) is 6.07 Å². The molecule has 0 aliphatic carbocycles. The number of nitrogens with two attached hydrogens (primary N) is 1. The van der Waals surface area contributed by atoms with Crippen LogP contribution in [0.2, 0.25) is 0 Å².